The first-order valence-electron chi connectivity index (χ1n) is 9.20. The summed E-state index contributed by atoms with van der Waals surface area (Å²) in [6, 6.07) is 10.3. The van der Waals surface area contributed by atoms with E-state index in [1.165, 1.54) is 31.5 Å². The second-order valence-corrected chi connectivity index (χ2v) is 7.01. The van der Waals surface area contributed by atoms with Crippen LogP contribution in [0.2, 0.25) is 0 Å². The van der Waals surface area contributed by atoms with Crippen LogP contribution in [0.1, 0.15) is 18.4 Å². The zero-order valence-corrected chi connectivity index (χ0v) is 15.2. The Bertz CT molecular complexity index is 1090. The number of hydrogen-bond acceptors (Lipinski definition) is 6. The lowest BCUT2D eigenvalue weighted by molar-refractivity contribution is 0.331. The summed E-state index contributed by atoms with van der Waals surface area (Å²) in [6.07, 6.45) is 6.11. The van der Waals surface area contributed by atoms with Crippen LogP contribution in [0.5, 0.6) is 0 Å². The predicted molar refractivity (Wildman–Crippen MR) is 102 cm³/mol. The fourth-order valence-corrected chi connectivity index (χ4v) is 3.63. The van der Waals surface area contributed by atoms with Crippen LogP contribution in [0, 0.1) is 0 Å². The van der Waals surface area contributed by atoms with Gasteiger partial charge in [-0.2, -0.15) is 10.1 Å². The molecule has 0 spiro atoms. The molecular formula is C20H20N6O. The van der Waals surface area contributed by atoms with E-state index in [1.807, 2.05) is 19.2 Å². The third-order valence-corrected chi connectivity index (χ3v) is 5.03. The first-order valence-corrected chi connectivity index (χ1v) is 9.20. The quantitative estimate of drug-likeness (QED) is 0.556. The molecule has 0 radical (unpaired) electrons. The monoisotopic (exact) mass is 360 g/mol. The van der Waals surface area contributed by atoms with Gasteiger partial charge in [-0.15, -0.1) is 0 Å². The summed E-state index contributed by atoms with van der Waals surface area (Å²) in [6.45, 7) is 3.33. The van der Waals surface area contributed by atoms with E-state index < -0.39 is 0 Å². The predicted octanol–water partition coefficient (Wildman–Crippen LogP) is 3.28. The fraction of sp³-hybridized carbons (Fsp3) is 0.300. The molecule has 0 bridgehead atoms. The van der Waals surface area contributed by atoms with Gasteiger partial charge in [-0.25, -0.2) is 4.98 Å². The summed E-state index contributed by atoms with van der Waals surface area (Å²) in [4.78, 5) is 11.5. The summed E-state index contributed by atoms with van der Waals surface area (Å²) in [5, 5.41) is 9.34. The van der Waals surface area contributed by atoms with Gasteiger partial charge in [0, 0.05) is 30.7 Å². The molecule has 7 nitrogen and oxygen atoms in total. The highest BCUT2D eigenvalue weighted by Crippen LogP contribution is 2.25. The molecule has 4 aromatic rings. The van der Waals surface area contributed by atoms with Crippen molar-refractivity contribution in [2.75, 3.05) is 13.1 Å². The molecule has 5 rings (SSSR count). The molecule has 0 unspecified atom stereocenters. The van der Waals surface area contributed by atoms with Gasteiger partial charge in [0.15, 0.2) is 5.65 Å². The summed E-state index contributed by atoms with van der Waals surface area (Å²) in [5.41, 5.74) is 3.87. The van der Waals surface area contributed by atoms with Crippen LogP contribution < -0.4 is 0 Å². The van der Waals surface area contributed by atoms with E-state index in [2.05, 4.69) is 43.3 Å². The van der Waals surface area contributed by atoms with Gasteiger partial charge in [-0.3, -0.25) is 9.58 Å². The molecule has 1 aromatic carbocycles. The summed E-state index contributed by atoms with van der Waals surface area (Å²) >= 11 is 0. The van der Waals surface area contributed by atoms with Crippen LogP contribution in [-0.2, 0) is 13.6 Å². The normalized spacial score (nSPS) is 15.0. The second-order valence-electron chi connectivity index (χ2n) is 7.01. The Morgan fingerprint density at radius 1 is 1.07 bits per heavy atom. The minimum Gasteiger partial charge on any atom is -0.334 e. The molecule has 1 aliphatic rings. The maximum absolute atomic E-state index is 5.50. The Labute approximate surface area is 156 Å². The van der Waals surface area contributed by atoms with Crippen molar-refractivity contribution in [3.63, 3.8) is 0 Å². The minimum absolute atomic E-state index is 0.466. The van der Waals surface area contributed by atoms with Crippen molar-refractivity contribution in [3.8, 4) is 22.8 Å². The van der Waals surface area contributed by atoms with Crippen LogP contribution in [0.3, 0.4) is 0 Å². The maximum atomic E-state index is 5.50. The molecular weight excluding hydrogens is 340 g/mol. The molecule has 136 valence electrons. The van der Waals surface area contributed by atoms with E-state index in [0.29, 0.717) is 11.7 Å². The molecule has 0 aliphatic carbocycles. The molecule has 0 amide bonds. The largest absolute Gasteiger partial charge is 0.334 e. The van der Waals surface area contributed by atoms with E-state index in [9.17, 15) is 0 Å². The number of hydrogen-bond donors (Lipinski definition) is 0. The van der Waals surface area contributed by atoms with Crippen molar-refractivity contribution in [1.82, 2.24) is 29.8 Å². The molecule has 0 atom stereocenters. The van der Waals surface area contributed by atoms with Crippen LogP contribution in [0.15, 0.2) is 47.2 Å². The Morgan fingerprint density at radius 2 is 1.96 bits per heavy atom. The van der Waals surface area contributed by atoms with E-state index in [4.69, 9.17) is 4.52 Å². The van der Waals surface area contributed by atoms with Gasteiger partial charge in [-0.1, -0.05) is 23.4 Å². The fourth-order valence-electron chi connectivity index (χ4n) is 3.63. The molecule has 4 heterocycles. The highest BCUT2D eigenvalue weighted by molar-refractivity contribution is 5.79. The third kappa shape index (κ3) is 3.10. The molecule has 3 aromatic heterocycles. The van der Waals surface area contributed by atoms with Gasteiger partial charge in [0.2, 0.25) is 5.82 Å². The van der Waals surface area contributed by atoms with Crippen LogP contribution >= 0.6 is 0 Å². The first kappa shape index (κ1) is 16.1. The maximum Gasteiger partial charge on any atom is 0.259 e. The smallest absolute Gasteiger partial charge is 0.259 e. The van der Waals surface area contributed by atoms with Crippen molar-refractivity contribution < 1.29 is 4.52 Å². The number of aryl methyl sites for hydroxylation is 1. The average molecular weight is 360 g/mol. The van der Waals surface area contributed by atoms with Gasteiger partial charge in [-0.05, 0) is 43.6 Å². The van der Waals surface area contributed by atoms with Gasteiger partial charge in [0.25, 0.3) is 5.89 Å². The van der Waals surface area contributed by atoms with E-state index in [-0.39, 0.29) is 0 Å². The van der Waals surface area contributed by atoms with Crippen molar-refractivity contribution >= 4 is 11.0 Å². The number of nitrogens with zero attached hydrogens (tertiary/aromatic N) is 6. The third-order valence-electron chi connectivity index (χ3n) is 5.03. The van der Waals surface area contributed by atoms with Crippen LogP contribution in [0.25, 0.3) is 33.9 Å². The van der Waals surface area contributed by atoms with Gasteiger partial charge in [0.1, 0.15) is 0 Å². The first-order chi connectivity index (χ1) is 13.3. The summed E-state index contributed by atoms with van der Waals surface area (Å²) < 4.78 is 7.24. The number of rotatable bonds is 4. The SMILES string of the molecule is Cn1ncc2cc(-c3nc(-c4cccc(CN5CCCC5)c4)no3)cnc21. The Kier molecular flexibility index (Phi) is 3.94. The van der Waals surface area contributed by atoms with E-state index in [0.717, 1.165) is 28.7 Å². The summed E-state index contributed by atoms with van der Waals surface area (Å²) in [5.74, 6) is 1.06. The lowest BCUT2D eigenvalue weighted by Gasteiger charge is -2.14. The highest BCUT2D eigenvalue weighted by Gasteiger charge is 2.15. The van der Waals surface area contributed by atoms with Crippen molar-refractivity contribution in [3.05, 3.63) is 48.3 Å². The molecule has 1 aliphatic heterocycles. The zero-order valence-electron chi connectivity index (χ0n) is 15.2. The Hall–Kier alpha value is -3.06. The van der Waals surface area contributed by atoms with Crippen molar-refractivity contribution in [2.45, 2.75) is 19.4 Å². The number of fused-ring (bicyclic) bond motifs is 1. The lowest BCUT2D eigenvalue weighted by Crippen LogP contribution is -2.18. The van der Waals surface area contributed by atoms with Crippen molar-refractivity contribution in [1.29, 1.82) is 0 Å². The minimum atomic E-state index is 0.466. The number of likely N-dealkylation sites (tertiary alicyclic amines) is 1. The standard InChI is InChI=1S/C20H20N6O/c1-25-19-16(12-22-25)10-17(11-21-19)20-23-18(24-27-20)15-6-4-5-14(9-15)13-26-7-2-3-8-26/h4-6,9-12H,2-3,7-8,13H2,1H3. The Balaban J connectivity index is 1.42. The molecule has 7 heteroatoms. The summed E-state index contributed by atoms with van der Waals surface area (Å²) in [7, 11) is 1.87. The molecule has 1 saturated heterocycles. The number of aromatic nitrogens is 5. The molecule has 0 N–H and O–H groups in total. The van der Waals surface area contributed by atoms with Gasteiger partial charge in [0.05, 0.1) is 11.8 Å². The Morgan fingerprint density at radius 3 is 2.85 bits per heavy atom. The zero-order chi connectivity index (χ0) is 18.2. The van der Waals surface area contributed by atoms with E-state index >= 15 is 0 Å². The van der Waals surface area contributed by atoms with Crippen LogP contribution in [0.4, 0.5) is 0 Å². The number of benzene rings is 1. The molecule has 27 heavy (non-hydrogen) atoms. The average Bonchev–Trinajstić information content (AvgIpc) is 3.43. The van der Waals surface area contributed by atoms with Crippen molar-refractivity contribution in [2.24, 2.45) is 7.05 Å². The van der Waals surface area contributed by atoms with Gasteiger partial charge >= 0.3 is 0 Å². The van der Waals surface area contributed by atoms with E-state index in [1.54, 1.807) is 17.1 Å². The van der Waals surface area contributed by atoms with Gasteiger partial charge < -0.3 is 4.52 Å². The highest BCUT2D eigenvalue weighted by atomic mass is 16.5. The molecule has 1 fully saturated rings. The topological polar surface area (TPSA) is 72.9 Å². The number of pyridine rings is 1. The molecule has 0 saturated carbocycles. The van der Waals surface area contributed by atoms with Crippen LogP contribution in [-0.4, -0.2) is 42.9 Å². The lowest BCUT2D eigenvalue weighted by atomic mass is 10.1. The second kappa shape index (κ2) is 6.59.